The number of hydrogen-bond acceptors (Lipinski definition) is 3. The number of hydrogen-bond donors (Lipinski definition) is 2. The molecular formula is C18H15IN2O2. The summed E-state index contributed by atoms with van der Waals surface area (Å²) < 4.78 is 0.656. The van der Waals surface area contributed by atoms with E-state index in [-0.39, 0.29) is 11.3 Å². The summed E-state index contributed by atoms with van der Waals surface area (Å²) in [6, 6.07) is 12.5. The number of nitrogens with one attached hydrogen (secondary N) is 1. The first-order valence-corrected chi connectivity index (χ1v) is 7.97. The van der Waals surface area contributed by atoms with Crippen LogP contribution in [0.15, 0.2) is 42.0 Å². The van der Waals surface area contributed by atoms with Gasteiger partial charge in [-0.2, -0.15) is 5.26 Å². The van der Waals surface area contributed by atoms with E-state index in [0.29, 0.717) is 14.8 Å². The summed E-state index contributed by atoms with van der Waals surface area (Å²) in [6.07, 6.45) is 1.50. The summed E-state index contributed by atoms with van der Waals surface area (Å²) in [6.45, 7) is 3.88. The average Bonchev–Trinajstić information content (AvgIpc) is 2.51. The summed E-state index contributed by atoms with van der Waals surface area (Å²) >= 11 is 1.99. The molecule has 23 heavy (non-hydrogen) atoms. The molecule has 0 fully saturated rings. The van der Waals surface area contributed by atoms with Crippen molar-refractivity contribution in [3.8, 4) is 11.8 Å². The molecule has 0 spiro atoms. The van der Waals surface area contributed by atoms with Crippen LogP contribution in [0.3, 0.4) is 0 Å². The molecular weight excluding hydrogens is 403 g/mol. The number of nitrogens with zero attached hydrogens (tertiary/aromatic N) is 1. The molecule has 0 bridgehead atoms. The van der Waals surface area contributed by atoms with Crippen molar-refractivity contribution in [2.24, 2.45) is 0 Å². The molecule has 1 amide bonds. The molecule has 2 aromatic carbocycles. The van der Waals surface area contributed by atoms with E-state index < -0.39 is 5.91 Å². The third kappa shape index (κ3) is 4.33. The first kappa shape index (κ1) is 17.0. The summed E-state index contributed by atoms with van der Waals surface area (Å²) in [4.78, 5) is 12.3. The number of phenols is 1. The predicted molar refractivity (Wildman–Crippen MR) is 99.0 cm³/mol. The van der Waals surface area contributed by atoms with E-state index in [1.807, 2.05) is 60.7 Å². The quantitative estimate of drug-likeness (QED) is 0.447. The molecule has 0 aliphatic carbocycles. The SMILES string of the molecule is Cc1ccc(NC(=O)C(C#N)=Cc2ccc(O)c(I)c2)c(C)c1. The van der Waals surface area contributed by atoms with Crippen LogP contribution in [0, 0.1) is 28.7 Å². The summed E-state index contributed by atoms with van der Waals surface area (Å²) in [5.74, 6) is -0.288. The fourth-order valence-corrected chi connectivity index (χ4v) is 2.61. The minimum absolute atomic E-state index is 0.00599. The zero-order valence-electron chi connectivity index (χ0n) is 12.7. The van der Waals surface area contributed by atoms with Crippen LogP contribution in [-0.2, 0) is 4.79 Å². The number of carbonyl (C=O) groups excluding carboxylic acids is 1. The zero-order chi connectivity index (χ0) is 17.0. The maximum atomic E-state index is 12.3. The number of amides is 1. The molecule has 0 saturated heterocycles. The highest BCUT2D eigenvalue weighted by atomic mass is 127. The van der Waals surface area contributed by atoms with Crippen molar-refractivity contribution in [1.82, 2.24) is 0 Å². The van der Waals surface area contributed by atoms with Gasteiger partial charge in [0.15, 0.2) is 0 Å². The first-order valence-electron chi connectivity index (χ1n) is 6.89. The number of aromatic hydroxyl groups is 1. The standard InChI is InChI=1S/C18H15IN2O2/c1-11-3-5-16(12(2)7-11)21-18(23)14(10-20)8-13-4-6-17(22)15(19)9-13/h3-9,22H,1-2H3,(H,21,23). The minimum atomic E-state index is -0.456. The van der Waals surface area contributed by atoms with Gasteiger partial charge in [0.1, 0.15) is 17.4 Å². The Kier molecular flexibility index (Phi) is 5.40. The van der Waals surface area contributed by atoms with Crippen LogP contribution in [0.5, 0.6) is 5.75 Å². The third-order valence-electron chi connectivity index (χ3n) is 3.28. The van der Waals surface area contributed by atoms with E-state index in [2.05, 4.69) is 5.32 Å². The Morgan fingerprint density at radius 1 is 1.26 bits per heavy atom. The maximum Gasteiger partial charge on any atom is 0.266 e. The molecule has 0 aromatic heterocycles. The lowest BCUT2D eigenvalue weighted by atomic mass is 10.1. The van der Waals surface area contributed by atoms with Crippen molar-refractivity contribution < 1.29 is 9.90 Å². The molecule has 0 aliphatic heterocycles. The van der Waals surface area contributed by atoms with E-state index in [0.717, 1.165) is 11.1 Å². The van der Waals surface area contributed by atoms with Gasteiger partial charge in [-0.05, 0) is 71.8 Å². The van der Waals surface area contributed by atoms with Gasteiger partial charge in [0.2, 0.25) is 0 Å². The smallest absolute Gasteiger partial charge is 0.266 e. The molecule has 0 aliphatic rings. The van der Waals surface area contributed by atoms with Crippen LogP contribution in [0.2, 0.25) is 0 Å². The first-order chi connectivity index (χ1) is 10.9. The van der Waals surface area contributed by atoms with Gasteiger partial charge in [-0.25, -0.2) is 0 Å². The van der Waals surface area contributed by atoms with Crippen molar-refractivity contribution in [2.45, 2.75) is 13.8 Å². The summed E-state index contributed by atoms with van der Waals surface area (Å²) in [7, 11) is 0. The van der Waals surface area contributed by atoms with Crippen LogP contribution >= 0.6 is 22.6 Å². The predicted octanol–water partition coefficient (Wildman–Crippen LogP) is 4.16. The Balaban J connectivity index is 2.26. The molecule has 116 valence electrons. The molecule has 2 N–H and O–H groups in total. The number of anilines is 1. The highest BCUT2D eigenvalue weighted by Crippen LogP contribution is 2.22. The lowest BCUT2D eigenvalue weighted by molar-refractivity contribution is -0.112. The second-order valence-electron chi connectivity index (χ2n) is 5.15. The van der Waals surface area contributed by atoms with Crippen LogP contribution in [0.4, 0.5) is 5.69 Å². The molecule has 2 rings (SSSR count). The van der Waals surface area contributed by atoms with Crippen molar-refractivity contribution >= 4 is 40.3 Å². The summed E-state index contributed by atoms with van der Waals surface area (Å²) in [5, 5.41) is 21.5. The van der Waals surface area contributed by atoms with E-state index in [1.54, 1.807) is 12.1 Å². The molecule has 2 aromatic rings. The van der Waals surface area contributed by atoms with E-state index in [1.165, 1.54) is 12.1 Å². The maximum absolute atomic E-state index is 12.3. The van der Waals surface area contributed by atoms with Gasteiger partial charge in [0.05, 0.1) is 3.57 Å². The number of halogens is 1. The molecule has 0 radical (unpaired) electrons. The van der Waals surface area contributed by atoms with Gasteiger partial charge in [0, 0.05) is 5.69 Å². The number of nitriles is 1. The van der Waals surface area contributed by atoms with Crippen molar-refractivity contribution in [3.63, 3.8) is 0 Å². The normalized spacial score (nSPS) is 11.0. The molecule has 0 atom stereocenters. The van der Waals surface area contributed by atoms with Crippen LogP contribution < -0.4 is 5.32 Å². The number of phenolic OH excluding ortho intramolecular Hbond substituents is 1. The number of benzene rings is 2. The Hall–Kier alpha value is -2.33. The fraction of sp³-hybridized carbons (Fsp3) is 0.111. The average molecular weight is 418 g/mol. The van der Waals surface area contributed by atoms with Crippen molar-refractivity contribution in [1.29, 1.82) is 5.26 Å². The topological polar surface area (TPSA) is 73.1 Å². The molecule has 0 heterocycles. The molecule has 4 nitrogen and oxygen atoms in total. The van der Waals surface area contributed by atoms with Gasteiger partial charge < -0.3 is 10.4 Å². The van der Waals surface area contributed by atoms with Gasteiger partial charge in [-0.15, -0.1) is 0 Å². The molecule has 5 heteroatoms. The highest BCUT2D eigenvalue weighted by molar-refractivity contribution is 14.1. The van der Waals surface area contributed by atoms with Gasteiger partial charge in [-0.1, -0.05) is 23.8 Å². The lowest BCUT2D eigenvalue weighted by Crippen LogP contribution is -2.14. The Labute approximate surface area is 148 Å². The number of aryl methyl sites for hydroxylation is 2. The summed E-state index contributed by atoms with van der Waals surface area (Å²) in [5.41, 5.74) is 3.41. The Morgan fingerprint density at radius 2 is 2.00 bits per heavy atom. The molecule has 0 saturated carbocycles. The van der Waals surface area contributed by atoms with E-state index in [9.17, 15) is 15.2 Å². The van der Waals surface area contributed by atoms with Crippen molar-refractivity contribution in [3.05, 3.63) is 62.2 Å². The van der Waals surface area contributed by atoms with Crippen LogP contribution in [-0.4, -0.2) is 11.0 Å². The van der Waals surface area contributed by atoms with E-state index in [4.69, 9.17) is 0 Å². The number of carbonyl (C=O) groups is 1. The second kappa shape index (κ2) is 7.29. The third-order valence-corrected chi connectivity index (χ3v) is 4.14. The Bertz CT molecular complexity index is 835. The number of rotatable bonds is 3. The Morgan fingerprint density at radius 3 is 2.61 bits per heavy atom. The van der Waals surface area contributed by atoms with Gasteiger partial charge in [0.25, 0.3) is 5.91 Å². The van der Waals surface area contributed by atoms with Crippen LogP contribution in [0.1, 0.15) is 16.7 Å². The largest absolute Gasteiger partial charge is 0.507 e. The second-order valence-corrected chi connectivity index (χ2v) is 6.32. The lowest BCUT2D eigenvalue weighted by Gasteiger charge is -2.08. The fourth-order valence-electron chi connectivity index (χ4n) is 2.07. The zero-order valence-corrected chi connectivity index (χ0v) is 14.9. The minimum Gasteiger partial charge on any atom is -0.507 e. The monoisotopic (exact) mass is 418 g/mol. The highest BCUT2D eigenvalue weighted by Gasteiger charge is 2.11. The van der Waals surface area contributed by atoms with Gasteiger partial charge >= 0.3 is 0 Å². The van der Waals surface area contributed by atoms with Crippen molar-refractivity contribution in [2.75, 3.05) is 5.32 Å². The van der Waals surface area contributed by atoms with Gasteiger partial charge in [-0.3, -0.25) is 4.79 Å². The van der Waals surface area contributed by atoms with Crippen LogP contribution in [0.25, 0.3) is 6.08 Å². The molecule has 0 unspecified atom stereocenters. The van der Waals surface area contributed by atoms with E-state index >= 15 is 0 Å².